The fraction of sp³-hybridized carbons (Fsp3) is 0.308. The first-order valence-electron chi connectivity index (χ1n) is 4.91. The van der Waals surface area contributed by atoms with Crippen LogP contribution >= 0.6 is 0 Å². The van der Waals surface area contributed by atoms with Crippen LogP contribution in [0, 0.1) is 0 Å². The summed E-state index contributed by atoms with van der Waals surface area (Å²) in [6.45, 7) is 3.44. The zero-order valence-electron chi connectivity index (χ0n) is 9.94. The summed E-state index contributed by atoms with van der Waals surface area (Å²) in [6, 6.07) is 7.90. The second-order valence-corrected chi connectivity index (χ2v) is 4.42. The van der Waals surface area contributed by atoms with Gasteiger partial charge in [-0.2, -0.15) is 0 Å². The highest BCUT2D eigenvalue weighted by molar-refractivity contribution is 5.43. The van der Waals surface area contributed by atoms with Crippen LogP contribution < -0.4 is 28.5 Å². The molecule has 0 spiro atoms. The van der Waals surface area contributed by atoms with Crippen LogP contribution in [0.3, 0.4) is 0 Å². The maximum Gasteiger partial charge on any atom is 0.132 e. The highest BCUT2D eigenvalue weighted by Gasteiger charge is 2.12. The second-order valence-electron chi connectivity index (χ2n) is 4.42. The molecule has 3 heteroatoms. The topological polar surface area (TPSA) is 20.2 Å². The largest absolute Gasteiger partial charge is 1.00 e. The van der Waals surface area contributed by atoms with Crippen LogP contribution in [0.2, 0.25) is 0 Å². The molecule has 0 bridgehead atoms. The van der Waals surface area contributed by atoms with Crippen molar-refractivity contribution in [3.63, 3.8) is 0 Å². The van der Waals surface area contributed by atoms with Crippen LogP contribution in [0.25, 0.3) is 0 Å². The molecule has 0 aliphatic rings. The second kappa shape index (κ2) is 6.21. The van der Waals surface area contributed by atoms with E-state index in [-0.39, 0.29) is 24.0 Å². The average molecular weight is 331 g/mol. The fourth-order valence-electron chi connectivity index (χ4n) is 1.33. The number of hydrogen-bond acceptors (Lipinski definition) is 1. The molecule has 0 radical (unpaired) electrons. The molecule has 0 saturated heterocycles. The number of quaternary nitrogens is 1. The third-order valence-corrected chi connectivity index (χ3v) is 2.28. The van der Waals surface area contributed by atoms with Crippen LogP contribution in [0.15, 0.2) is 42.7 Å². The summed E-state index contributed by atoms with van der Waals surface area (Å²) in [5, 5.41) is 9.65. The number of aliphatic hydroxyl groups excluding tert-OH is 1. The van der Waals surface area contributed by atoms with E-state index in [9.17, 15) is 5.11 Å². The van der Waals surface area contributed by atoms with Gasteiger partial charge in [-0.15, -0.1) is 5.73 Å². The molecule has 0 aliphatic heterocycles. The van der Waals surface area contributed by atoms with E-state index in [1.54, 1.807) is 6.08 Å². The smallest absolute Gasteiger partial charge is 0.132 e. The van der Waals surface area contributed by atoms with Crippen LogP contribution in [0.1, 0.15) is 11.7 Å². The quantitative estimate of drug-likeness (QED) is 0.440. The normalized spacial score (nSPS) is 12.2. The van der Waals surface area contributed by atoms with Gasteiger partial charge in [-0.05, 0) is 23.8 Å². The predicted molar refractivity (Wildman–Crippen MR) is 64.7 cm³/mol. The molecule has 0 aromatic heterocycles. The van der Waals surface area contributed by atoms with Gasteiger partial charge in [0.05, 0.1) is 21.1 Å². The Bertz CT molecular complexity index is 372. The summed E-state index contributed by atoms with van der Waals surface area (Å²) in [7, 11) is 6.32. The molecule has 0 amide bonds. The van der Waals surface area contributed by atoms with Crippen molar-refractivity contribution in [2.24, 2.45) is 0 Å². The minimum Gasteiger partial charge on any atom is -1.00 e. The molecule has 0 saturated carbocycles. The van der Waals surface area contributed by atoms with E-state index < -0.39 is 6.10 Å². The van der Waals surface area contributed by atoms with Crippen LogP contribution in [-0.4, -0.2) is 26.2 Å². The molecule has 1 unspecified atom stereocenters. The highest BCUT2D eigenvalue weighted by Crippen LogP contribution is 2.21. The van der Waals surface area contributed by atoms with Crippen molar-refractivity contribution in [3.05, 3.63) is 48.2 Å². The number of nitrogens with zero attached hydrogens (tertiary/aromatic N) is 1. The molecule has 0 fully saturated rings. The van der Waals surface area contributed by atoms with Crippen LogP contribution in [-0.2, 0) is 0 Å². The van der Waals surface area contributed by atoms with Gasteiger partial charge in [0.15, 0.2) is 0 Å². The third-order valence-electron chi connectivity index (χ3n) is 2.28. The van der Waals surface area contributed by atoms with Gasteiger partial charge in [0.2, 0.25) is 0 Å². The minimum atomic E-state index is -0.607. The number of rotatable bonds is 3. The van der Waals surface area contributed by atoms with Crippen molar-refractivity contribution in [2.75, 3.05) is 21.1 Å². The van der Waals surface area contributed by atoms with Crippen molar-refractivity contribution in [2.45, 2.75) is 6.10 Å². The Morgan fingerprint density at radius 2 is 1.75 bits per heavy atom. The lowest BCUT2D eigenvalue weighted by molar-refractivity contribution is -0.00000478. The van der Waals surface area contributed by atoms with E-state index in [1.165, 1.54) is 5.69 Å². The van der Waals surface area contributed by atoms with Gasteiger partial charge in [-0.3, -0.25) is 4.48 Å². The third kappa shape index (κ3) is 4.10. The van der Waals surface area contributed by atoms with Crippen molar-refractivity contribution >= 4 is 5.69 Å². The Morgan fingerprint density at radius 1 is 1.25 bits per heavy atom. The lowest BCUT2D eigenvalue weighted by Gasteiger charge is -2.23. The summed E-state index contributed by atoms with van der Waals surface area (Å²) >= 11 is 0. The molecule has 1 rings (SSSR count). The maximum absolute atomic E-state index is 9.65. The Morgan fingerprint density at radius 3 is 2.12 bits per heavy atom. The molecule has 1 N–H and O–H groups in total. The van der Waals surface area contributed by atoms with E-state index in [0.717, 1.165) is 10.0 Å². The van der Waals surface area contributed by atoms with Gasteiger partial charge >= 0.3 is 0 Å². The van der Waals surface area contributed by atoms with E-state index in [0.29, 0.717) is 0 Å². The zero-order chi connectivity index (χ0) is 11.5. The van der Waals surface area contributed by atoms with Gasteiger partial charge < -0.3 is 29.1 Å². The molecule has 1 atom stereocenters. The first-order valence-corrected chi connectivity index (χ1v) is 4.91. The Hall–Kier alpha value is -0.610. The molecule has 0 heterocycles. The van der Waals surface area contributed by atoms with Crippen molar-refractivity contribution in [3.8, 4) is 0 Å². The fourth-order valence-corrected chi connectivity index (χ4v) is 1.33. The van der Waals surface area contributed by atoms with Crippen LogP contribution in [0.4, 0.5) is 5.69 Å². The van der Waals surface area contributed by atoms with Crippen molar-refractivity contribution in [1.29, 1.82) is 0 Å². The summed E-state index contributed by atoms with van der Waals surface area (Å²) in [5.74, 6) is 0. The van der Waals surface area contributed by atoms with Gasteiger partial charge in [0, 0.05) is 0 Å². The van der Waals surface area contributed by atoms with E-state index in [1.807, 2.05) is 24.3 Å². The lowest BCUT2D eigenvalue weighted by Crippen LogP contribution is -3.00. The summed E-state index contributed by atoms with van der Waals surface area (Å²) in [4.78, 5) is 0. The molecule has 0 aliphatic carbocycles. The molecular weight excluding hydrogens is 313 g/mol. The highest BCUT2D eigenvalue weighted by atomic mass is 127. The number of aliphatic hydroxyl groups is 1. The van der Waals surface area contributed by atoms with E-state index in [2.05, 4.69) is 33.5 Å². The van der Waals surface area contributed by atoms with Crippen molar-refractivity contribution < 1.29 is 29.1 Å². The molecule has 1 aromatic carbocycles. The maximum atomic E-state index is 9.65. The van der Waals surface area contributed by atoms with Gasteiger partial charge in [0.25, 0.3) is 0 Å². The number of halogens is 1. The standard InChI is InChI=1S/C13H18NO.HI/c1-5-6-13(15)11-7-9-12(10-8-11)14(2,3)4;/h6-10,13,15H,1H2,2-4H3;1H/q+1;/p-1. The monoisotopic (exact) mass is 331 g/mol. The first kappa shape index (κ1) is 15.4. The number of benzene rings is 1. The Balaban J connectivity index is 0.00000225. The summed E-state index contributed by atoms with van der Waals surface area (Å²) in [5.41, 5.74) is 4.65. The summed E-state index contributed by atoms with van der Waals surface area (Å²) < 4.78 is 0.772. The van der Waals surface area contributed by atoms with E-state index >= 15 is 0 Å². The zero-order valence-corrected chi connectivity index (χ0v) is 12.1. The number of hydrogen-bond donors (Lipinski definition) is 1. The van der Waals surface area contributed by atoms with Crippen molar-refractivity contribution in [1.82, 2.24) is 4.48 Å². The lowest BCUT2D eigenvalue weighted by atomic mass is 10.1. The molecule has 2 nitrogen and oxygen atoms in total. The molecule has 1 aromatic rings. The van der Waals surface area contributed by atoms with E-state index in [4.69, 9.17) is 0 Å². The average Bonchev–Trinajstić information content (AvgIpc) is 2.17. The van der Waals surface area contributed by atoms with Gasteiger partial charge in [-0.25, -0.2) is 0 Å². The first-order chi connectivity index (χ1) is 6.95. The minimum absolute atomic E-state index is 0. The van der Waals surface area contributed by atoms with Gasteiger partial charge in [-0.1, -0.05) is 18.7 Å². The summed E-state index contributed by atoms with van der Waals surface area (Å²) in [6.07, 6.45) is 0.935. The van der Waals surface area contributed by atoms with Crippen LogP contribution in [0.5, 0.6) is 0 Å². The van der Waals surface area contributed by atoms with Gasteiger partial charge in [0.1, 0.15) is 11.8 Å². The molecular formula is C13H18INO. The Kier molecular flexibility index (Phi) is 5.97. The SMILES string of the molecule is C=C=CC(O)c1ccc([N+](C)(C)C)cc1.[I-]. The predicted octanol–water partition coefficient (Wildman–Crippen LogP) is -0.738. The molecule has 88 valence electrons. The Labute approximate surface area is 115 Å². The molecule has 16 heavy (non-hydrogen) atoms.